The molecule has 3 heteroatoms. The van der Waals surface area contributed by atoms with Gasteiger partial charge in [0.2, 0.25) is 0 Å². The number of aliphatic imine (C=N–C) groups is 1. The highest BCUT2D eigenvalue weighted by molar-refractivity contribution is 6.33. The molecule has 80 valence electrons. The molecule has 2 aliphatic rings. The molecule has 1 aromatic rings. The van der Waals surface area contributed by atoms with Crippen LogP contribution in [-0.2, 0) is 6.54 Å². The molecule has 0 aromatic heterocycles. The van der Waals surface area contributed by atoms with Crippen LogP contribution >= 0.6 is 11.6 Å². The monoisotopic (exact) mass is 230 g/mol. The number of fused-ring (bicyclic) bond motifs is 2. The summed E-state index contributed by atoms with van der Waals surface area (Å²) in [6, 6.07) is 3.96. The predicted molar refractivity (Wildman–Crippen MR) is 67.1 cm³/mol. The summed E-state index contributed by atoms with van der Waals surface area (Å²) in [6.45, 7) is 2.95. The molecule has 0 radical (unpaired) electrons. The third-order valence-electron chi connectivity index (χ3n) is 2.94. The molecule has 3 rings (SSSR count). The van der Waals surface area contributed by atoms with Crippen LogP contribution in [0.25, 0.3) is 0 Å². The van der Waals surface area contributed by atoms with E-state index in [1.807, 2.05) is 36.6 Å². The van der Waals surface area contributed by atoms with Gasteiger partial charge in [-0.25, -0.2) is 4.99 Å². The fourth-order valence-corrected chi connectivity index (χ4v) is 2.24. The van der Waals surface area contributed by atoms with Gasteiger partial charge in [-0.2, -0.15) is 0 Å². The predicted octanol–water partition coefficient (Wildman–Crippen LogP) is 3.58. The molecule has 0 atom stereocenters. The topological polar surface area (TPSA) is 15.6 Å². The summed E-state index contributed by atoms with van der Waals surface area (Å²) in [5, 5.41) is 0.732. The Kier molecular flexibility index (Phi) is 2.11. The number of hydrogen-bond acceptors (Lipinski definition) is 2. The highest BCUT2D eigenvalue weighted by Gasteiger charge is 2.20. The number of amidine groups is 1. The van der Waals surface area contributed by atoms with Crippen molar-refractivity contribution >= 4 is 23.1 Å². The van der Waals surface area contributed by atoms with Gasteiger partial charge in [-0.1, -0.05) is 23.7 Å². The molecule has 0 amide bonds. The summed E-state index contributed by atoms with van der Waals surface area (Å²) in [5.74, 6) is 0.961. The second-order valence-corrected chi connectivity index (χ2v) is 4.40. The van der Waals surface area contributed by atoms with Gasteiger partial charge >= 0.3 is 0 Å². The van der Waals surface area contributed by atoms with Gasteiger partial charge in [0, 0.05) is 11.8 Å². The normalized spacial score (nSPS) is 16.9. The van der Waals surface area contributed by atoms with Crippen LogP contribution in [0.3, 0.4) is 0 Å². The van der Waals surface area contributed by atoms with Crippen molar-refractivity contribution in [2.75, 3.05) is 0 Å². The maximum absolute atomic E-state index is 6.18. The summed E-state index contributed by atoms with van der Waals surface area (Å²) in [6.07, 6.45) is 8.05. The molecular formula is C13H11ClN2. The van der Waals surface area contributed by atoms with Gasteiger partial charge in [-0.05, 0) is 30.7 Å². The van der Waals surface area contributed by atoms with E-state index in [2.05, 4.69) is 16.8 Å². The van der Waals surface area contributed by atoms with Gasteiger partial charge in [0.05, 0.1) is 17.3 Å². The van der Waals surface area contributed by atoms with Crippen molar-refractivity contribution in [1.29, 1.82) is 0 Å². The van der Waals surface area contributed by atoms with Crippen LogP contribution in [0.5, 0.6) is 0 Å². The fourth-order valence-electron chi connectivity index (χ4n) is 2.02. The molecule has 0 spiro atoms. The van der Waals surface area contributed by atoms with Gasteiger partial charge < -0.3 is 4.90 Å². The summed E-state index contributed by atoms with van der Waals surface area (Å²) >= 11 is 6.18. The fraction of sp³-hybridized carbons (Fsp3) is 0.154. The van der Waals surface area contributed by atoms with Crippen molar-refractivity contribution in [3.05, 3.63) is 52.7 Å². The number of aryl methyl sites for hydroxylation is 1. The SMILES string of the molecule is Cc1ccc(Cl)c2c1CN1C=CC=CC1=N2. The minimum Gasteiger partial charge on any atom is -0.328 e. The molecule has 1 aromatic carbocycles. The second-order valence-electron chi connectivity index (χ2n) is 3.99. The van der Waals surface area contributed by atoms with Crippen LogP contribution in [0.15, 0.2) is 41.6 Å². The molecule has 0 aliphatic carbocycles. The number of halogens is 1. The summed E-state index contributed by atoms with van der Waals surface area (Å²) in [7, 11) is 0. The number of nitrogens with zero attached hydrogens (tertiary/aromatic N) is 2. The largest absolute Gasteiger partial charge is 0.328 e. The van der Waals surface area contributed by atoms with E-state index in [4.69, 9.17) is 11.6 Å². The van der Waals surface area contributed by atoms with E-state index >= 15 is 0 Å². The lowest BCUT2D eigenvalue weighted by Gasteiger charge is -2.28. The lowest BCUT2D eigenvalue weighted by Crippen LogP contribution is -2.28. The van der Waals surface area contributed by atoms with Gasteiger partial charge in [0.25, 0.3) is 0 Å². The zero-order valence-electron chi connectivity index (χ0n) is 8.94. The minimum absolute atomic E-state index is 0.732. The van der Waals surface area contributed by atoms with E-state index in [1.165, 1.54) is 11.1 Å². The molecule has 2 heterocycles. The Balaban J connectivity index is 2.21. The Morgan fingerprint density at radius 1 is 1.31 bits per heavy atom. The first-order valence-electron chi connectivity index (χ1n) is 5.24. The molecular weight excluding hydrogens is 220 g/mol. The van der Waals surface area contributed by atoms with Crippen molar-refractivity contribution in [2.24, 2.45) is 4.99 Å². The number of benzene rings is 1. The smallest absolute Gasteiger partial charge is 0.133 e. The molecule has 0 bridgehead atoms. The Morgan fingerprint density at radius 3 is 3.06 bits per heavy atom. The first-order chi connectivity index (χ1) is 7.75. The summed E-state index contributed by atoms with van der Waals surface area (Å²) < 4.78 is 0. The molecule has 16 heavy (non-hydrogen) atoms. The van der Waals surface area contributed by atoms with Crippen molar-refractivity contribution in [3.63, 3.8) is 0 Å². The van der Waals surface area contributed by atoms with Crippen molar-refractivity contribution in [1.82, 2.24) is 4.90 Å². The van der Waals surface area contributed by atoms with Gasteiger partial charge in [-0.3, -0.25) is 0 Å². The van der Waals surface area contributed by atoms with E-state index in [1.54, 1.807) is 0 Å². The van der Waals surface area contributed by atoms with Crippen LogP contribution < -0.4 is 0 Å². The second kappa shape index (κ2) is 3.49. The molecule has 0 saturated heterocycles. The van der Waals surface area contributed by atoms with E-state index in [0.717, 1.165) is 23.1 Å². The van der Waals surface area contributed by atoms with E-state index in [-0.39, 0.29) is 0 Å². The third-order valence-corrected chi connectivity index (χ3v) is 3.24. The van der Waals surface area contributed by atoms with E-state index in [0.29, 0.717) is 0 Å². The van der Waals surface area contributed by atoms with E-state index < -0.39 is 0 Å². The summed E-state index contributed by atoms with van der Waals surface area (Å²) in [4.78, 5) is 6.73. The molecule has 0 saturated carbocycles. The lowest BCUT2D eigenvalue weighted by atomic mass is 10.0. The van der Waals surface area contributed by atoms with Gasteiger partial charge in [-0.15, -0.1) is 0 Å². The van der Waals surface area contributed by atoms with Crippen LogP contribution in [0.1, 0.15) is 11.1 Å². The summed E-state index contributed by atoms with van der Waals surface area (Å²) in [5.41, 5.74) is 3.38. The number of rotatable bonds is 0. The average Bonchev–Trinajstić information content (AvgIpc) is 2.32. The standard InChI is InChI=1S/C13H11ClN2/c1-9-5-6-11(14)13-10(9)8-16-7-3-2-4-12(16)15-13/h2-7H,8H2,1H3. The van der Waals surface area contributed by atoms with Crippen LogP contribution in [0, 0.1) is 6.92 Å². The maximum atomic E-state index is 6.18. The molecule has 2 nitrogen and oxygen atoms in total. The average molecular weight is 231 g/mol. The molecule has 2 aliphatic heterocycles. The van der Waals surface area contributed by atoms with Crippen LogP contribution in [-0.4, -0.2) is 10.7 Å². The van der Waals surface area contributed by atoms with Crippen LogP contribution in [0.4, 0.5) is 5.69 Å². The number of hydrogen-bond donors (Lipinski definition) is 0. The van der Waals surface area contributed by atoms with Crippen molar-refractivity contribution in [3.8, 4) is 0 Å². The first-order valence-corrected chi connectivity index (χ1v) is 5.62. The quantitative estimate of drug-likeness (QED) is 0.665. The van der Waals surface area contributed by atoms with Crippen molar-refractivity contribution < 1.29 is 0 Å². The van der Waals surface area contributed by atoms with E-state index in [9.17, 15) is 0 Å². The maximum Gasteiger partial charge on any atom is 0.133 e. The third kappa shape index (κ3) is 1.38. The Morgan fingerprint density at radius 2 is 2.19 bits per heavy atom. The minimum atomic E-state index is 0.732. The Hall–Kier alpha value is -1.54. The Bertz CT molecular complexity index is 541. The molecule has 0 fully saturated rings. The number of allylic oxidation sites excluding steroid dienone is 2. The highest BCUT2D eigenvalue weighted by atomic mass is 35.5. The van der Waals surface area contributed by atoms with Gasteiger partial charge in [0.1, 0.15) is 5.84 Å². The van der Waals surface area contributed by atoms with Crippen molar-refractivity contribution in [2.45, 2.75) is 13.5 Å². The Labute approximate surface area is 99.6 Å². The molecule has 0 N–H and O–H groups in total. The van der Waals surface area contributed by atoms with Crippen LogP contribution in [0.2, 0.25) is 5.02 Å². The highest BCUT2D eigenvalue weighted by Crippen LogP contribution is 2.36. The lowest BCUT2D eigenvalue weighted by molar-refractivity contribution is 0.542. The van der Waals surface area contributed by atoms with Gasteiger partial charge in [0.15, 0.2) is 0 Å². The zero-order valence-corrected chi connectivity index (χ0v) is 9.70. The first kappa shape index (κ1) is 9.67. The molecule has 0 unspecified atom stereocenters. The zero-order chi connectivity index (χ0) is 11.1.